The highest BCUT2D eigenvalue weighted by Crippen LogP contribution is 2.64. The van der Waals surface area contributed by atoms with Crippen LogP contribution >= 0.6 is 0 Å². The topological polar surface area (TPSA) is 120 Å². The first-order valence-corrected chi connectivity index (χ1v) is 16.4. The average Bonchev–Trinajstić information content (AvgIpc) is 3.63. The summed E-state index contributed by atoms with van der Waals surface area (Å²) in [6.07, 6.45) is 1.54. The molecule has 2 bridgehead atoms. The summed E-state index contributed by atoms with van der Waals surface area (Å²) >= 11 is 0. The summed E-state index contributed by atoms with van der Waals surface area (Å²) in [6.45, 7) is 13.9. The van der Waals surface area contributed by atoms with Gasteiger partial charge in [0.15, 0.2) is 0 Å². The van der Waals surface area contributed by atoms with Crippen molar-refractivity contribution < 1.29 is 29.0 Å². The van der Waals surface area contributed by atoms with Crippen LogP contribution < -0.4 is 20.3 Å². The first kappa shape index (κ1) is 32.8. The standard InChI is InChI=1S/C35H48N4O6/c1-7-34-19-20-35(45-34)29(28(34)31(41)36-24-13-17-26(18-14-24)44-10-4)33(43)39(27(21-40)22(5)6)30(35)32(42)37-23-11-15-25(16-12-23)38(8-2)9-3/h11-18,22,27-30,40H,7-10,19-21H2,1-6H3,(H,36,41)(H,37,42)/t27-,28-,29-,30?,34+,35?/m0/s1. The number of rotatable bonds is 13. The van der Waals surface area contributed by atoms with Gasteiger partial charge in [0.05, 0.1) is 36.7 Å². The number of carbonyl (C=O) groups excluding carboxylic acids is 3. The lowest BCUT2D eigenvalue weighted by Gasteiger charge is -2.38. The van der Waals surface area contributed by atoms with Crippen LogP contribution in [0.15, 0.2) is 48.5 Å². The molecule has 1 spiro atoms. The van der Waals surface area contributed by atoms with Gasteiger partial charge in [-0.05, 0) is 94.5 Å². The van der Waals surface area contributed by atoms with Gasteiger partial charge in [0.1, 0.15) is 17.4 Å². The van der Waals surface area contributed by atoms with Crippen molar-refractivity contribution in [1.82, 2.24) is 4.90 Å². The molecule has 2 aromatic rings. The molecule has 45 heavy (non-hydrogen) atoms. The number of hydrogen-bond donors (Lipinski definition) is 3. The summed E-state index contributed by atoms with van der Waals surface area (Å²) in [5.41, 5.74) is 0.181. The quantitative estimate of drug-likeness (QED) is 0.298. The predicted octanol–water partition coefficient (Wildman–Crippen LogP) is 4.68. The van der Waals surface area contributed by atoms with E-state index in [1.165, 1.54) is 4.90 Å². The minimum atomic E-state index is -1.19. The highest BCUT2D eigenvalue weighted by Gasteiger charge is 2.79. The van der Waals surface area contributed by atoms with E-state index in [9.17, 15) is 19.5 Å². The van der Waals surface area contributed by atoms with E-state index in [-0.39, 0.29) is 30.2 Å². The number of hydrogen-bond acceptors (Lipinski definition) is 7. The second-order valence-electron chi connectivity index (χ2n) is 12.7. The van der Waals surface area contributed by atoms with Crippen LogP contribution in [0.4, 0.5) is 17.1 Å². The lowest BCUT2D eigenvalue weighted by Crippen LogP contribution is -2.57. The van der Waals surface area contributed by atoms with Crippen molar-refractivity contribution >= 4 is 34.8 Å². The molecule has 3 heterocycles. The van der Waals surface area contributed by atoms with Crippen LogP contribution in [0.2, 0.25) is 0 Å². The van der Waals surface area contributed by atoms with Crippen LogP contribution in [0.5, 0.6) is 5.75 Å². The predicted molar refractivity (Wildman–Crippen MR) is 174 cm³/mol. The SMILES string of the molecule is CCOc1ccc(NC(=O)[C@@H]2[C@H]3C(=O)N([C@@H](CO)C(C)C)C(C(=O)Nc4ccc(N(CC)CC)cc4)C34CC[C@@]2(CC)O4)cc1. The number of anilines is 3. The van der Waals surface area contributed by atoms with E-state index < -0.39 is 35.1 Å². The molecule has 3 aliphatic heterocycles. The van der Waals surface area contributed by atoms with Gasteiger partial charge < -0.3 is 35.0 Å². The fourth-order valence-electron chi connectivity index (χ4n) is 7.91. The zero-order valence-corrected chi connectivity index (χ0v) is 27.3. The third kappa shape index (κ3) is 5.56. The number of carbonyl (C=O) groups is 3. The number of aliphatic hydroxyl groups excluding tert-OH is 1. The Bertz CT molecular complexity index is 1380. The van der Waals surface area contributed by atoms with Crippen molar-refractivity contribution in [3.63, 3.8) is 0 Å². The maximum absolute atomic E-state index is 14.5. The monoisotopic (exact) mass is 620 g/mol. The van der Waals surface area contributed by atoms with Gasteiger partial charge in [0.2, 0.25) is 17.7 Å². The normalized spacial score (nSPS) is 27.4. The van der Waals surface area contributed by atoms with Crippen LogP contribution in [0.1, 0.15) is 60.8 Å². The minimum absolute atomic E-state index is 0.133. The van der Waals surface area contributed by atoms with Crippen molar-refractivity contribution in [2.45, 2.75) is 84.1 Å². The number of benzene rings is 2. The van der Waals surface area contributed by atoms with Gasteiger partial charge in [0, 0.05) is 30.2 Å². The summed E-state index contributed by atoms with van der Waals surface area (Å²) in [5.74, 6) is -2.09. The van der Waals surface area contributed by atoms with E-state index in [2.05, 4.69) is 29.4 Å². The maximum atomic E-state index is 14.5. The molecule has 3 N–H and O–H groups in total. The number of aliphatic hydroxyl groups is 1. The molecule has 2 unspecified atom stereocenters. The number of nitrogens with one attached hydrogen (secondary N) is 2. The number of fused-ring (bicyclic) bond motifs is 1. The van der Waals surface area contributed by atoms with Gasteiger partial charge in [-0.15, -0.1) is 0 Å². The van der Waals surface area contributed by atoms with E-state index in [4.69, 9.17) is 9.47 Å². The molecule has 0 aromatic heterocycles. The molecular formula is C35H48N4O6. The fraction of sp³-hybridized carbons (Fsp3) is 0.571. The molecule has 6 atom stereocenters. The number of nitrogens with zero attached hydrogens (tertiary/aromatic N) is 2. The molecule has 3 saturated heterocycles. The molecule has 0 aliphatic carbocycles. The summed E-state index contributed by atoms with van der Waals surface area (Å²) in [5, 5.41) is 16.6. The van der Waals surface area contributed by atoms with Crippen molar-refractivity contribution in [2.24, 2.45) is 17.8 Å². The Hall–Kier alpha value is -3.63. The first-order chi connectivity index (χ1) is 21.6. The molecule has 3 amide bonds. The minimum Gasteiger partial charge on any atom is -0.494 e. The van der Waals surface area contributed by atoms with Crippen molar-refractivity contribution in [3.8, 4) is 5.75 Å². The number of ether oxygens (including phenoxy) is 2. The molecule has 244 valence electrons. The molecule has 10 nitrogen and oxygen atoms in total. The van der Waals surface area contributed by atoms with Crippen molar-refractivity contribution in [3.05, 3.63) is 48.5 Å². The number of amides is 3. The molecule has 2 aromatic carbocycles. The zero-order valence-electron chi connectivity index (χ0n) is 27.3. The first-order valence-electron chi connectivity index (χ1n) is 16.4. The molecular weight excluding hydrogens is 572 g/mol. The Morgan fingerprint density at radius 2 is 1.58 bits per heavy atom. The fourth-order valence-corrected chi connectivity index (χ4v) is 7.91. The molecule has 5 rings (SSSR count). The van der Waals surface area contributed by atoms with Crippen LogP contribution in [0.25, 0.3) is 0 Å². The second kappa shape index (κ2) is 13.0. The van der Waals surface area contributed by atoms with Gasteiger partial charge in [0.25, 0.3) is 0 Å². The molecule has 10 heteroatoms. The van der Waals surface area contributed by atoms with Crippen molar-refractivity contribution in [1.29, 1.82) is 0 Å². The van der Waals surface area contributed by atoms with Gasteiger partial charge >= 0.3 is 0 Å². The lowest BCUT2D eigenvalue weighted by atomic mass is 9.65. The Balaban J connectivity index is 1.49. The highest BCUT2D eigenvalue weighted by atomic mass is 16.5. The molecule has 0 saturated carbocycles. The molecule has 3 aliphatic rings. The Labute approximate surface area is 266 Å². The molecule has 0 radical (unpaired) electrons. The van der Waals surface area contributed by atoms with E-state index in [0.717, 1.165) is 18.8 Å². The third-order valence-corrected chi connectivity index (χ3v) is 10.2. The van der Waals surface area contributed by atoms with E-state index in [1.54, 1.807) is 24.3 Å². The molecule has 3 fully saturated rings. The summed E-state index contributed by atoms with van der Waals surface area (Å²) < 4.78 is 12.4. The second-order valence-corrected chi connectivity index (χ2v) is 12.7. The lowest BCUT2D eigenvalue weighted by molar-refractivity contribution is -0.149. The van der Waals surface area contributed by atoms with E-state index in [1.807, 2.05) is 52.0 Å². The van der Waals surface area contributed by atoms with Gasteiger partial charge in [-0.2, -0.15) is 0 Å². The van der Waals surface area contributed by atoms with Gasteiger partial charge in [-0.1, -0.05) is 20.8 Å². The third-order valence-electron chi connectivity index (χ3n) is 10.2. The Morgan fingerprint density at radius 3 is 2.11 bits per heavy atom. The van der Waals surface area contributed by atoms with Crippen LogP contribution in [0.3, 0.4) is 0 Å². The van der Waals surface area contributed by atoms with E-state index >= 15 is 0 Å². The van der Waals surface area contributed by atoms with Gasteiger partial charge in [-0.3, -0.25) is 14.4 Å². The van der Waals surface area contributed by atoms with Crippen molar-refractivity contribution in [2.75, 3.05) is 41.8 Å². The average molecular weight is 621 g/mol. The summed E-state index contributed by atoms with van der Waals surface area (Å²) in [7, 11) is 0. The van der Waals surface area contributed by atoms with Crippen LogP contribution in [0, 0.1) is 17.8 Å². The van der Waals surface area contributed by atoms with E-state index in [0.29, 0.717) is 43.0 Å². The number of likely N-dealkylation sites (tertiary alicyclic amines) is 1. The Morgan fingerprint density at radius 1 is 0.978 bits per heavy atom. The van der Waals surface area contributed by atoms with Crippen LogP contribution in [-0.4, -0.2) is 77.3 Å². The summed E-state index contributed by atoms with van der Waals surface area (Å²) in [6, 6.07) is 13.2. The zero-order chi connectivity index (χ0) is 32.5. The van der Waals surface area contributed by atoms with Crippen LogP contribution in [-0.2, 0) is 19.1 Å². The van der Waals surface area contributed by atoms with Gasteiger partial charge in [-0.25, -0.2) is 0 Å². The largest absolute Gasteiger partial charge is 0.494 e. The smallest absolute Gasteiger partial charge is 0.250 e. The summed E-state index contributed by atoms with van der Waals surface area (Å²) in [4.78, 5) is 46.7. The highest BCUT2D eigenvalue weighted by molar-refractivity contribution is 6.05. The Kier molecular flexibility index (Phi) is 9.46. The maximum Gasteiger partial charge on any atom is 0.250 e.